The predicted octanol–water partition coefficient (Wildman–Crippen LogP) is 1.08. The molecule has 0 aliphatic carbocycles. The first kappa shape index (κ1) is 12.7. The first-order valence-corrected chi connectivity index (χ1v) is 4.98. The van der Waals surface area contributed by atoms with Crippen molar-refractivity contribution in [2.24, 2.45) is 0 Å². The molecular formula is C12H11NO4. The molecule has 0 amide bonds. The molecule has 1 rings (SSSR count). The Morgan fingerprint density at radius 1 is 1.53 bits per heavy atom. The van der Waals surface area contributed by atoms with E-state index in [0.717, 1.165) is 0 Å². The number of hydrogen-bond acceptors (Lipinski definition) is 4. The van der Waals surface area contributed by atoms with Crippen molar-refractivity contribution in [1.29, 1.82) is 0 Å². The van der Waals surface area contributed by atoms with Gasteiger partial charge >= 0.3 is 11.9 Å². The van der Waals surface area contributed by atoms with Gasteiger partial charge in [-0.2, -0.15) is 0 Å². The number of aromatic carboxylic acids is 1. The zero-order chi connectivity index (χ0) is 12.7. The van der Waals surface area contributed by atoms with Crippen molar-refractivity contribution < 1.29 is 19.4 Å². The summed E-state index contributed by atoms with van der Waals surface area (Å²) in [5.41, 5.74) is 0.160. The number of carboxylic acid groups (broad SMARTS) is 1. The van der Waals surface area contributed by atoms with E-state index in [1.165, 1.54) is 12.3 Å². The van der Waals surface area contributed by atoms with Crippen molar-refractivity contribution in [2.75, 3.05) is 6.61 Å². The van der Waals surface area contributed by atoms with Gasteiger partial charge in [-0.15, -0.1) is 0 Å². The molecule has 1 aromatic rings. The Morgan fingerprint density at radius 2 is 2.29 bits per heavy atom. The van der Waals surface area contributed by atoms with Gasteiger partial charge in [0.1, 0.15) is 6.42 Å². The number of ether oxygens (including phenoxy) is 1. The van der Waals surface area contributed by atoms with Gasteiger partial charge < -0.3 is 9.84 Å². The standard InChI is InChI=1S/C12H11NO4/c1-2-17-10(14)7-3-5-9-6-4-8-13-11(9)12(15)16/h4,6,8H,2,7H2,1H3,(H,15,16). The highest BCUT2D eigenvalue weighted by Crippen LogP contribution is 2.03. The van der Waals surface area contributed by atoms with Crippen LogP contribution in [0.4, 0.5) is 0 Å². The van der Waals surface area contributed by atoms with Gasteiger partial charge in [0, 0.05) is 6.20 Å². The van der Waals surface area contributed by atoms with Crippen molar-refractivity contribution in [3.05, 3.63) is 29.6 Å². The fourth-order valence-electron chi connectivity index (χ4n) is 1.10. The molecular weight excluding hydrogens is 222 g/mol. The molecule has 0 aromatic carbocycles. The van der Waals surface area contributed by atoms with Crippen molar-refractivity contribution in [1.82, 2.24) is 4.98 Å². The first-order valence-electron chi connectivity index (χ1n) is 4.98. The summed E-state index contributed by atoms with van der Waals surface area (Å²) in [6.45, 7) is 2.00. The monoisotopic (exact) mass is 233 g/mol. The Bertz CT molecular complexity index is 485. The highest BCUT2D eigenvalue weighted by molar-refractivity contribution is 5.88. The van der Waals surface area contributed by atoms with Gasteiger partial charge in [-0.3, -0.25) is 4.79 Å². The number of hydrogen-bond donors (Lipinski definition) is 1. The second-order valence-corrected chi connectivity index (χ2v) is 2.99. The molecule has 0 aliphatic heterocycles. The Kier molecular flexibility index (Phi) is 4.70. The lowest BCUT2D eigenvalue weighted by Gasteiger charge is -1.96. The first-order chi connectivity index (χ1) is 8.15. The van der Waals surface area contributed by atoms with Crippen LogP contribution in [-0.2, 0) is 9.53 Å². The Morgan fingerprint density at radius 3 is 2.94 bits per heavy atom. The van der Waals surface area contributed by atoms with E-state index in [1.54, 1.807) is 13.0 Å². The summed E-state index contributed by atoms with van der Waals surface area (Å²) >= 11 is 0. The van der Waals surface area contributed by atoms with E-state index in [-0.39, 0.29) is 17.7 Å². The summed E-state index contributed by atoms with van der Waals surface area (Å²) < 4.78 is 4.68. The minimum Gasteiger partial charge on any atom is -0.476 e. The Labute approximate surface area is 98.4 Å². The molecule has 0 fully saturated rings. The second-order valence-electron chi connectivity index (χ2n) is 2.99. The number of pyridine rings is 1. The molecule has 0 radical (unpaired) electrons. The Balaban J connectivity index is 2.78. The molecule has 17 heavy (non-hydrogen) atoms. The number of carbonyl (C=O) groups is 2. The average molecular weight is 233 g/mol. The van der Waals surface area contributed by atoms with E-state index in [9.17, 15) is 9.59 Å². The molecule has 0 bridgehead atoms. The van der Waals surface area contributed by atoms with E-state index in [0.29, 0.717) is 6.61 Å². The average Bonchev–Trinajstić information content (AvgIpc) is 2.30. The van der Waals surface area contributed by atoms with Gasteiger partial charge in [0.05, 0.1) is 12.2 Å². The number of carboxylic acids is 1. The number of rotatable bonds is 3. The lowest BCUT2D eigenvalue weighted by Crippen LogP contribution is -2.03. The molecule has 0 atom stereocenters. The largest absolute Gasteiger partial charge is 0.476 e. The van der Waals surface area contributed by atoms with Crippen LogP contribution in [0.3, 0.4) is 0 Å². The summed E-state index contributed by atoms with van der Waals surface area (Å²) in [6.07, 6.45) is 1.31. The van der Waals surface area contributed by atoms with E-state index >= 15 is 0 Å². The summed E-state index contributed by atoms with van der Waals surface area (Å²) in [4.78, 5) is 25.5. The minimum absolute atomic E-state index is 0.0677. The fourth-order valence-corrected chi connectivity index (χ4v) is 1.10. The third kappa shape index (κ3) is 3.95. The SMILES string of the molecule is CCOC(=O)CC#Cc1cccnc1C(=O)O. The van der Waals surface area contributed by atoms with Crippen molar-refractivity contribution in [3.8, 4) is 11.8 Å². The van der Waals surface area contributed by atoms with Crippen LogP contribution in [0.25, 0.3) is 0 Å². The molecule has 0 saturated carbocycles. The number of aromatic nitrogens is 1. The topological polar surface area (TPSA) is 76.5 Å². The molecule has 5 nitrogen and oxygen atoms in total. The molecule has 1 heterocycles. The van der Waals surface area contributed by atoms with Crippen molar-refractivity contribution >= 4 is 11.9 Å². The fraction of sp³-hybridized carbons (Fsp3) is 0.250. The molecule has 5 heteroatoms. The minimum atomic E-state index is -1.15. The molecule has 0 aliphatic rings. The van der Waals surface area contributed by atoms with Crippen LogP contribution in [0, 0.1) is 11.8 Å². The lowest BCUT2D eigenvalue weighted by molar-refractivity contribution is -0.141. The summed E-state index contributed by atoms with van der Waals surface area (Å²) in [5, 5.41) is 8.84. The zero-order valence-corrected chi connectivity index (χ0v) is 9.27. The van der Waals surface area contributed by atoms with Crippen LogP contribution in [-0.4, -0.2) is 28.6 Å². The molecule has 1 N–H and O–H groups in total. The van der Waals surface area contributed by atoms with Gasteiger partial charge in [0.2, 0.25) is 0 Å². The van der Waals surface area contributed by atoms with Crippen molar-refractivity contribution in [2.45, 2.75) is 13.3 Å². The molecule has 1 aromatic heterocycles. The highest BCUT2D eigenvalue weighted by atomic mass is 16.5. The quantitative estimate of drug-likeness (QED) is 0.624. The lowest BCUT2D eigenvalue weighted by atomic mass is 10.2. The number of esters is 1. The maximum atomic E-state index is 11.0. The summed E-state index contributed by atoms with van der Waals surface area (Å²) in [7, 11) is 0. The molecule has 0 unspecified atom stereocenters. The van der Waals surface area contributed by atoms with E-state index < -0.39 is 11.9 Å². The van der Waals surface area contributed by atoms with Gasteiger partial charge in [-0.25, -0.2) is 9.78 Å². The van der Waals surface area contributed by atoms with E-state index in [4.69, 9.17) is 5.11 Å². The third-order valence-corrected chi connectivity index (χ3v) is 1.77. The van der Waals surface area contributed by atoms with Crippen LogP contribution < -0.4 is 0 Å². The zero-order valence-electron chi connectivity index (χ0n) is 9.27. The third-order valence-electron chi connectivity index (χ3n) is 1.77. The van der Waals surface area contributed by atoms with Gasteiger partial charge in [0.15, 0.2) is 5.69 Å². The highest BCUT2D eigenvalue weighted by Gasteiger charge is 2.08. The van der Waals surface area contributed by atoms with E-state index in [2.05, 4.69) is 21.6 Å². The number of nitrogens with zero attached hydrogens (tertiary/aromatic N) is 1. The van der Waals surface area contributed by atoms with Gasteiger partial charge in [-0.05, 0) is 19.1 Å². The molecule has 0 spiro atoms. The van der Waals surface area contributed by atoms with E-state index in [1.807, 2.05) is 0 Å². The van der Waals surface area contributed by atoms with Crippen LogP contribution in [0.5, 0.6) is 0 Å². The van der Waals surface area contributed by atoms with Gasteiger partial charge in [-0.1, -0.05) is 11.8 Å². The molecule has 0 saturated heterocycles. The van der Waals surface area contributed by atoms with Crippen LogP contribution in [0.2, 0.25) is 0 Å². The Hall–Kier alpha value is -2.35. The summed E-state index contributed by atoms with van der Waals surface area (Å²) in [6, 6.07) is 3.12. The normalized spacial score (nSPS) is 9.00. The predicted molar refractivity (Wildman–Crippen MR) is 59.3 cm³/mol. The van der Waals surface area contributed by atoms with Crippen LogP contribution in [0.1, 0.15) is 29.4 Å². The maximum Gasteiger partial charge on any atom is 0.355 e. The van der Waals surface area contributed by atoms with Crippen LogP contribution in [0.15, 0.2) is 18.3 Å². The van der Waals surface area contributed by atoms with Crippen LogP contribution >= 0.6 is 0 Å². The second kappa shape index (κ2) is 6.28. The summed E-state index contributed by atoms with van der Waals surface area (Å²) in [5.74, 6) is 3.57. The maximum absolute atomic E-state index is 11.0. The smallest absolute Gasteiger partial charge is 0.355 e. The van der Waals surface area contributed by atoms with Gasteiger partial charge in [0.25, 0.3) is 0 Å². The number of carbonyl (C=O) groups excluding carboxylic acids is 1. The van der Waals surface area contributed by atoms with Crippen molar-refractivity contribution in [3.63, 3.8) is 0 Å². The molecule has 88 valence electrons.